The van der Waals surface area contributed by atoms with E-state index in [1.165, 1.54) is 0 Å². The van der Waals surface area contributed by atoms with Gasteiger partial charge in [-0.2, -0.15) is 5.10 Å². The molecule has 0 atom stereocenters. The topological polar surface area (TPSA) is 61.7 Å². The van der Waals surface area contributed by atoms with Crippen LogP contribution in [0, 0.1) is 5.92 Å². The molecule has 1 aromatic carbocycles. The molecule has 17 heavy (non-hydrogen) atoms. The van der Waals surface area contributed by atoms with Gasteiger partial charge >= 0.3 is 5.97 Å². The lowest BCUT2D eigenvalue weighted by Gasteiger charge is -2.06. The van der Waals surface area contributed by atoms with E-state index >= 15 is 0 Å². The van der Waals surface area contributed by atoms with Gasteiger partial charge in [0.05, 0.1) is 12.1 Å². The minimum atomic E-state index is -0.820. The molecule has 4 nitrogen and oxygen atoms in total. The van der Waals surface area contributed by atoms with Gasteiger partial charge in [-0.1, -0.05) is 26.0 Å². The van der Waals surface area contributed by atoms with Crippen LogP contribution in [0.2, 0.25) is 0 Å². The van der Waals surface area contributed by atoms with Gasteiger partial charge in [-0.25, -0.2) is 0 Å². The van der Waals surface area contributed by atoms with Crippen LogP contribution in [0.4, 0.5) is 5.69 Å². The van der Waals surface area contributed by atoms with E-state index in [1.54, 1.807) is 12.1 Å². The SMILES string of the molecule is C/C(=N\Nc1ccc(CC(=O)O)cc1)C(C)C. The number of hydrogen-bond donors (Lipinski definition) is 2. The minimum Gasteiger partial charge on any atom is -0.481 e. The van der Waals surface area contributed by atoms with E-state index in [0.717, 1.165) is 17.0 Å². The Morgan fingerprint density at radius 1 is 1.35 bits per heavy atom. The smallest absolute Gasteiger partial charge is 0.307 e. The van der Waals surface area contributed by atoms with Crippen LogP contribution in [0.3, 0.4) is 0 Å². The lowest BCUT2D eigenvalue weighted by atomic mass is 10.1. The number of aliphatic carboxylic acids is 1. The first-order chi connectivity index (χ1) is 7.99. The van der Waals surface area contributed by atoms with Crippen molar-refractivity contribution in [3.8, 4) is 0 Å². The number of nitrogens with zero attached hydrogens (tertiary/aromatic N) is 1. The summed E-state index contributed by atoms with van der Waals surface area (Å²) in [5.41, 5.74) is 5.62. The standard InChI is InChI=1S/C13H18N2O2/c1-9(2)10(3)14-15-12-6-4-11(5-7-12)8-13(16)17/h4-7,9,15H,8H2,1-3H3,(H,16,17)/b14-10+. The van der Waals surface area contributed by atoms with E-state index in [2.05, 4.69) is 24.4 Å². The van der Waals surface area contributed by atoms with Crippen LogP contribution in [0.1, 0.15) is 26.3 Å². The van der Waals surface area contributed by atoms with Crippen LogP contribution >= 0.6 is 0 Å². The molecule has 0 fully saturated rings. The van der Waals surface area contributed by atoms with Crippen LogP contribution in [-0.2, 0) is 11.2 Å². The number of benzene rings is 1. The molecular weight excluding hydrogens is 216 g/mol. The largest absolute Gasteiger partial charge is 0.481 e. The Balaban J connectivity index is 2.62. The number of nitrogens with one attached hydrogen (secondary N) is 1. The molecule has 0 aliphatic carbocycles. The fourth-order valence-electron chi connectivity index (χ4n) is 1.15. The maximum atomic E-state index is 10.5. The molecule has 0 saturated carbocycles. The average molecular weight is 234 g/mol. The number of rotatable bonds is 5. The second-order valence-corrected chi connectivity index (χ2v) is 4.29. The third-order valence-electron chi connectivity index (χ3n) is 2.51. The molecule has 0 radical (unpaired) electrons. The molecule has 92 valence electrons. The van der Waals surface area contributed by atoms with Gasteiger partial charge in [0.1, 0.15) is 0 Å². The zero-order chi connectivity index (χ0) is 12.8. The van der Waals surface area contributed by atoms with E-state index in [4.69, 9.17) is 5.11 Å². The molecule has 0 saturated heterocycles. The number of carbonyl (C=O) groups is 1. The maximum Gasteiger partial charge on any atom is 0.307 e. The highest BCUT2D eigenvalue weighted by atomic mass is 16.4. The highest BCUT2D eigenvalue weighted by molar-refractivity contribution is 5.84. The third-order valence-corrected chi connectivity index (χ3v) is 2.51. The summed E-state index contributed by atoms with van der Waals surface area (Å²) in [6.45, 7) is 6.13. The highest BCUT2D eigenvalue weighted by Gasteiger charge is 2.00. The zero-order valence-corrected chi connectivity index (χ0v) is 10.4. The Labute approximate surface area is 101 Å². The summed E-state index contributed by atoms with van der Waals surface area (Å²) < 4.78 is 0. The fourth-order valence-corrected chi connectivity index (χ4v) is 1.15. The second-order valence-electron chi connectivity index (χ2n) is 4.29. The van der Waals surface area contributed by atoms with Gasteiger partial charge in [0.15, 0.2) is 0 Å². The Morgan fingerprint density at radius 3 is 2.41 bits per heavy atom. The first-order valence-corrected chi connectivity index (χ1v) is 5.60. The molecule has 2 N–H and O–H groups in total. The maximum absolute atomic E-state index is 10.5. The Morgan fingerprint density at radius 2 is 1.94 bits per heavy atom. The second kappa shape index (κ2) is 6.03. The molecule has 0 spiro atoms. The van der Waals surface area contributed by atoms with Gasteiger partial charge in [0.25, 0.3) is 0 Å². The van der Waals surface area contributed by atoms with E-state index in [0.29, 0.717) is 5.92 Å². The molecule has 4 heteroatoms. The molecule has 0 heterocycles. The lowest BCUT2D eigenvalue weighted by molar-refractivity contribution is -0.136. The van der Waals surface area contributed by atoms with E-state index in [-0.39, 0.29) is 6.42 Å². The minimum absolute atomic E-state index is 0.0502. The normalized spacial score (nSPS) is 11.6. The molecule has 0 amide bonds. The summed E-state index contributed by atoms with van der Waals surface area (Å²) >= 11 is 0. The summed E-state index contributed by atoms with van der Waals surface area (Å²) in [4.78, 5) is 10.5. The Bertz CT molecular complexity index is 408. The fraction of sp³-hybridized carbons (Fsp3) is 0.385. The predicted octanol–water partition coefficient (Wildman–Crippen LogP) is 2.76. The van der Waals surface area contributed by atoms with Crippen molar-refractivity contribution >= 4 is 17.4 Å². The van der Waals surface area contributed by atoms with Crippen LogP contribution < -0.4 is 5.43 Å². The zero-order valence-electron chi connectivity index (χ0n) is 10.4. The third kappa shape index (κ3) is 4.68. The van der Waals surface area contributed by atoms with Gasteiger partial charge in [0, 0.05) is 5.71 Å². The number of hydrogen-bond acceptors (Lipinski definition) is 3. The van der Waals surface area contributed by atoms with Crippen molar-refractivity contribution < 1.29 is 9.90 Å². The van der Waals surface area contributed by atoms with Crippen molar-refractivity contribution in [1.82, 2.24) is 0 Å². The first-order valence-electron chi connectivity index (χ1n) is 5.60. The van der Waals surface area contributed by atoms with Crippen molar-refractivity contribution in [2.45, 2.75) is 27.2 Å². The Kier molecular flexibility index (Phi) is 4.69. The van der Waals surface area contributed by atoms with Crippen molar-refractivity contribution in [3.63, 3.8) is 0 Å². The highest BCUT2D eigenvalue weighted by Crippen LogP contribution is 2.10. The quantitative estimate of drug-likeness (QED) is 0.608. The van der Waals surface area contributed by atoms with Crippen molar-refractivity contribution in [2.75, 3.05) is 5.43 Å². The number of carboxylic acids is 1. The van der Waals surface area contributed by atoms with Gasteiger partial charge in [-0.3, -0.25) is 10.2 Å². The summed E-state index contributed by atoms with van der Waals surface area (Å²) in [5, 5.41) is 12.9. The lowest BCUT2D eigenvalue weighted by Crippen LogP contribution is -2.05. The summed E-state index contributed by atoms with van der Waals surface area (Å²) in [5.74, 6) is -0.409. The molecule has 0 aromatic heterocycles. The predicted molar refractivity (Wildman–Crippen MR) is 69.4 cm³/mol. The summed E-state index contributed by atoms with van der Waals surface area (Å²) in [6.07, 6.45) is 0.0502. The van der Waals surface area contributed by atoms with Crippen LogP contribution in [0.5, 0.6) is 0 Å². The van der Waals surface area contributed by atoms with Gasteiger partial charge < -0.3 is 5.11 Å². The summed E-state index contributed by atoms with van der Waals surface area (Å²) in [6, 6.07) is 7.23. The summed E-state index contributed by atoms with van der Waals surface area (Å²) in [7, 11) is 0. The average Bonchev–Trinajstić information content (AvgIpc) is 2.26. The van der Waals surface area contributed by atoms with E-state index in [1.807, 2.05) is 19.1 Å². The monoisotopic (exact) mass is 234 g/mol. The number of hydrazone groups is 1. The molecule has 1 rings (SSSR count). The number of anilines is 1. The van der Waals surface area contributed by atoms with Crippen LogP contribution in [0.25, 0.3) is 0 Å². The molecule has 0 aliphatic rings. The van der Waals surface area contributed by atoms with Crippen molar-refractivity contribution in [3.05, 3.63) is 29.8 Å². The first kappa shape index (κ1) is 13.2. The van der Waals surface area contributed by atoms with Gasteiger partial charge in [-0.15, -0.1) is 0 Å². The van der Waals surface area contributed by atoms with Gasteiger partial charge in [-0.05, 0) is 30.5 Å². The molecule has 0 bridgehead atoms. The molecule has 0 unspecified atom stereocenters. The molecular formula is C13H18N2O2. The van der Waals surface area contributed by atoms with Crippen molar-refractivity contribution in [1.29, 1.82) is 0 Å². The van der Waals surface area contributed by atoms with Crippen LogP contribution in [0.15, 0.2) is 29.4 Å². The molecule has 0 aliphatic heterocycles. The van der Waals surface area contributed by atoms with E-state index in [9.17, 15) is 4.79 Å². The molecule has 1 aromatic rings. The van der Waals surface area contributed by atoms with Crippen LogP contribution in [-0.4, -0.2) is 16.8 Å². The number of carboxylic acid groups (broad SMARTS) is 1. The van der Waals surface area contributed by atoms with E-state index < -0.39 is 5.97 Å². The van der Waals surface area contributed by atoms with Gasteiger partial charge in [0.2, 0.25) is 0 Å². The Hall–Kier alpha value is -1.84. The van der Waals surface area contributed by atoms with Crippen molar-refractivity contribution in [2.24, 2.45) is 11.0 Å².